The van der Waals surface area contributed by atoms with Crippen molar-refractivity contribution in [3.8, 4) is 5.75 Å². The number of piperidine rings is 1. The van der Waals surface area contributed by atoms with E-state index in [-0.39, 0.29) is 49.5 Å². The summed E-state index contributed by atoms with van der Waals surface area (Å²) in [6, 6.07) is 3.16. The molecule has 1 unspecified atom stereocenters. The Morgan fingerprint density at radius 1 is 0.826 bits per heavy atom. The summed E-state index contributed by atoms with van der Waals surface area (Å²) in [4.78, 5) is 73.8. The molecule has 2 aliphatic heterocycles. The van der Waals surface area contributed by atoms with Gasteiger partial charge in [0, 0.05) is 19.5 Å². The Morgan fingerprint density at radius 2 is 1.39 bits per heavy atom. The fourth-order valence-corrected chi connectivity index (χ4v) is 4.30. The molecule has 0 aromatic heterocycles. The zero-order valence-corrected chi connectivity index (χ0v) is 26.3. The number of nitrogens with zero attached hydrogens (tertiary/aromatic N) is 1. The van der Waals surface area contributed by atoms with Crippen molar-refractivity contribution in [1.29, 1.82) is 0 Å². The SMILES string of the molecule is CC(C)(C)OC(=O)NCCOCCOCCOCCOCCNC(=O)COc1ccc2c(c1)C(=O)N(C1CCC(=O)NC1=O)C2=O. The maximum absolute atomic E-state index is 12.9. The van der Waals surface area contributed by atoms with Gasteiger partial charge < -0.3 is 39.1 Å². The standard InChI is InChI=1S/C30H42N4O12/c1-30(2,3)46-29(40)32-9-11-42-13-15-44-17-16-43-14-12-41-10-8-31-25(36)19-45-20-4-5-21-22(18-20)28(39)34(27(21)38)23-6-7-24(35)33-26(23)37/h4-5,18,23H,6-17,19H2,1-3H3,(H,31,36)(H,32,40)(H,33,35,37). The molecule has 6 amide bonds. The highest BCUT2D eigenvalue weighted by atomic mass is 16.6. The molecule has 2 heterocycles. The van der Waals surface area contributed by atoms with Crippen LogP contribution in [0.1, 0.15) is 54.3 Å². The van der Waals surface area contributed by atoms with Crippen LogP contribution >= 0.6 is 0 Å². The van der Waals surface area contributed by atoms with Crippen molar-refractivity contribution in [2.24, 2.45) is 0 Å². The first-order valence-electron chi connectivity index (χ1n) is 15.0. The second-order valence-corrected chi connectivity index (χ2v) is 11.2. The summed E-state index contributed by atoms with van der Waals surface area (Å²) in [5.74, 6) is -2.63. The van der Waals surface area contributed by atoms with Crippen molar-refractivity contribution >= 4 is 35.6 Å². The summed E-state index contributed by atoms with van der Waals surface area (Å²) < 4.78 is 32.2. The molecule has 1 fully saturated rings. The summed E-state index contributed by atoms with van der Waals surface area (Å²) in [7, 11) is 0. The van der Waals surface area contributed by atoms with Gasteiger partial charge in [0.05, 0.1) is 64.0 Å². The highest BCUT2D eigenvalue weighted by Gasteiger charge is 2.44. The molecule has 1 aromatic rings. The van der Waals surface area contributed by atoms with E-state index in [2.05, 4.69) is 16.0 Å². The van der Waals surface area contributed by atoms with Gasteiger partial charge in [0.15, 0.2) is 6.61 Å². The third-order valence-corrected chi connectivity index (χ3v) is 6.38. The average Bonchev–Trinajstić information content (AvgIpc) is 3.23. The van der Waals surface area contributed by atoms with Crippen LogP contribution in [-0.4, -0.2) is 125 Å². The number of ether oxygens (including phenoxy) is 6. The third kappa shape index (κ3) is 12.0. The van der Waals surface area contributed by atoms with Gasteiger partial charge in [-0.2, -0.15) is 0 Å². The lowest BCUT2D eigenvalue weighted by molar-refractivity contribution is -0.136. The maximum Gasteiger partial charge on any atom is 0.407 e. The van der Waals surface area contributed by atoms with Crippen LogP contribution in [0.2, 0.25) is 0 Å². The molecule has 0 aliphatic carbocycles. The van der Waals surface area contributed by atoms with Crippen molar-refractivity contribution in [1.82, 2.24) is 20.9 Å². The number of carbonyl (C=O) groups is 6. The second-order valence-electron chi connectivity index (χ2n) is 11.2. The summed E-state index contributed by atoms with van der Waals surface area (Å²) in [5.41, 5.74) is -0.363. The molecular formula is C30H42N4O12. The van der Waals surface area contributed by atoms with Gasteiger partial charge in [0.25, 0.3) is 17.7 Å². The largest absolute Gasteiger partial charge is 0.484 e. The first-order chi connectivity index (χ1) is 22.0. The Morgan fingerprint density at radius 3 is 1.98 bits per heavy atom. The fraction of sp³-hybridized carbons (Fsp3) is 0.600. The Kier molecular flexibility index (Phi) is 14.3. The number of hydrogen-bond acceptors (Lipinski definition) is 12. The topological polar surface area (TPSA) is 197 Å². The summed E-state index contributed by atoms with van der Waals surface area (Å²) in [6.45, 7) is 8.48. The van der Waals surface area contributed by atoms with Crippen LogP contribution in [0.5, 0.6) is 5.75 Å². The van der Waals surface area contributed by atoms with Gasteiger partial charge in [-0.05, 0) is 45.4 Å². The van der Waals surface area contributed by atoms with Crippen LogP contribution in [0.3, 0.4) is 0 Å². The number of carbonyl (C=O) groups excluding carboxylic acids is 6. The maximum atomic E-state index is 12.9. The Labute approximate surface area is 266 Å². The Bertz CT molecular complexity index is 1250. The lowest BCUT2D eigenvalue weighted by atomic mass is 10.0. The lowest BCUT2D eigenvalue weighted by Crippen LogP contribution is -2.54. The molecule has 0 bridgehead atoms. The Balaban J connectivity index is 1.16. The monoisotopic (exact) mass is 650 g/mol. The molecule has 46 heavy (non-hydrogen) atoms. The molecule has 16 heteroatoms. The van der Waals surface area contributed by atoms with E-state index in [1.54, 1.807) is 20.8 Å². The molecule has 1 saturated heterocycles. The van der Waals surface area contributed by atoms with E-state index in [1.807, 2.05) is 0 Å². The van der Waals surface area contributed by atoms with Crippen molar-refractivity contribution in [3.05, 3.63) is 29.3 Å². The minimum atomic E-state index is -1.06. The molecular weight excluding hydrogens is 608 g/mol. The zero-order chi connectivity index (χ0) is 33.5. The molecule has 0 saturated carbocycles. The average molecular weight is 651 g/mol. The Hall–Kier alpha value is -4.12. The third-order valence-electron chi connectivity index (χ3n) is 6.38. The predicted octanol–water partition coefficient (Wildman–Crippen LogP) is 0.174. The van der Waals surface area contributed by atoms with Gasteiger partial charge in [-0.15, -0.1) is 0 Å². The van der Waals surface area contributed by atoms with Gasteiger partial charge >= 0.3 is 6.09 Å². The zero-order valence-electron chi connectivity index (χ0n) is 26.3. The van der Waals surface area contributed by atoms with E-state index < -0.39 is 47.3 Å². The molecule has 3 N–H and O–H groups in total. The van der Waals surface area contributed by atoms with E-state index in [4.69, 9.17) is 28.4 Å². The minimum Gasteiger partial charge on any atom is -0.484 e. The van der Waals surface area contributed by atoms with E-state index in [1.165, 1.54) is 18.2 Å². The molecule has 16 nitrogen and oxygen atoms in total. The molecule has 254 valence electrons. The number of fused-ring (bicyclic) bond motifs is 1. The molecule has 3 rings (SSSR count). The van der Waals surface area contributed by atoms with Crippen molar-refractivity contribution < 1.29 is 57.2 Å². The van der Waals surface area contributed by atoms with E-state index in [9.17, 15) is 28.8 Å². The molecule has 1 atom stereocenters. The van der Waals surface area contributed by atoms with Gasteiger partial charge in [0.1, 0.15) is 17.4 Å². The number of amides is 6. The molecule has 0 spiro atoms. The predicted molar refractivity (Wildman–Crippen MR) is 159 cm³/mol. The number of nitrogens with one attached hydrogen (secondary N) is 3. The van der Waals surface area contributed by atoms with Crippen LogP contribution in [0, 0.1) is 0 Å². The fourth-order valence-electron chi connectivity index (χ4n) is 4.30. The minimum absolute atomic E-state index is 0.0279. The van der Waals surface area contributed by atoms with Gasteiger partial charge in [-0.25, -0.2) is 4.79 Å². The normalized spacial score (nSPS) is 16.2. The van der Waals surface area contributed by atoms with Crippen molar-refractivity contribution in [2.45, 2.75) is 45.3 Å². The molecule has 2 aliphatic rings. The molecule has 0 radical (unpaired) electrons. The van der Waals surface area contributed by atoms with E-state index in [0.29, 0.717) is 52.8 Å². The van der Waals surface area contributed by atoms with Gasteiger partial charge in [-0.1, -0.05) is 0 Å². The summed E-state index contributed by atoms with van der Waals surface area (Å²) >= 11 is 0. The van der Waals surface area contributed by atoms with Crippen molar-refractivity contribution in [3.63, 3.8) is 0 Å². The number of rotatable bonds is 19. The van der Waals surface area contributed by atoms with Gasteiger partial charge in [-0.3, -0.25) is 34.2 Å². The number of hydrogen-bond donors (Lipinski definition) is 3. The lowest BCUT2D eigenvalue weighted by Gasteiger charge is -2.27. The number of alkyl carbamates (subject to hydrolysis) is 1. The molecule has 1 aromatic carbocycles. The smallest absolute Gasteiger partial charge is 0.407 e. The van der Waals surface area contributed by atoms with Crippen molar-refractivity contribution in [2.75, 3.05) is 72.6 Å². The highest BCUT2D eigenvalue weighted by molar-refractivity contribution is 6.23. The van der Waals surface area contributed by atoms with Crippen LogP contribution in [0.15, 0.2) is 18.2 Å². The highest BCUT2D eigenvalue weighted by Crippen LogP contribution is 2.30. The summed E-state index contributed by atoms with van der Waals surface area (Å²) in [5, 5.41) is 7.39. The number of imide groups is 2. The van der Waals surface area contributed by atoms with Crippen LogP contribution in [-0.2, 0) is 38.1 Å². The van der Waals surface area contributed by atoms with Crippen LogP contribution in [0.25, 0.3) is 0 Å². The first-order valence-corrected chi connectivity index (χ1v) is 15.0. The van der Waals surface area contributed by atoms with E-state index in [0.717, 1.165) is 4.90 Å². The van der Waals surface area contributed by atoms with Gasteiger partial charge in [0.2, 0.25) is 11.8 Å². The van der Waals surface area contributed by atoms with E-state index >= 15 is 0 Å². The summed E-state index contributed by atoms with van der Waals surface area (Å²) in [6.07, 6.45) is -0.399. The quantitative estimate of drug-likeness (QED) is 0.136. The second kappa shape index (κ2) is 18.1. The number of benzene rings is 1. The first kappa shape index (κ1) is 36.3. The van der Waals surface area contributed by atoms with Crippen LogP contribution < -0.4 is 20.7 Å². The van der Waals surface area contributed by atoms with Crippen LogP contribution in [0.4, 0.5) is 4.79 Å².